The van der Waals surface area contributed by atoms with Gasteiger partial charge in [0.25, 0.3) is 0 Å². The van der Waals surface area contributed by atoms with E-state index < -0.39 is 0 Å². The molecule has 1 aromatic carbocycles. The van der Waals surface area contributed by atoms with E-state index >= 15 is 0 Å². The maximum absolute atomic E-state index is 5.85. The smallest absolute Gasteiger partial charge is 0.0594 e. The van der Waals surface area contributed by atoms with Crippen LogP contribution in [0.25, 0.3) is 11.1 Å². The van der Waals surface area contributed by atoms with Crippen molar-refractivity contribution in [3.8, 4) is 11.1 Å². The summed E-state index contributed by atoms with van der Waals surface area (Å²) < 4.78 is 1.07. The third-order valence-electron chi connectivity index (χ3n) is 2.28. The molecular formula is C11H12BrN3. The number of nitrogens with two attached hydrogens (primary N) is 1. The quantitative estimate of drug-likeness (QED) is 0.878. The summed E-state index contributed by atoms with van der Waals surface area (Å²) >= 11 is 3.41. The van der Waals surface area contributed by atoms with Crippen molar-refractivity contribution in [1.82, 2.24) is 10.2 Å². The molecule has 0 aliphatic rings. The van der Waals surface area contributed by atoms with Gasteiger partial charge in [-0.05, 0) is 24.6 Å². The van der Waals surface area contributed by atoms with E-state index in [2.05, 4.69) is 26.1 Å². The van der Waals surface area contributed by atoms with E-state index in [-0.39, 0.29) is 6.04 Å². The Labute approximate surface area is 96.8 Å². The van der Waals surface area contributed by atoms with Crippen molar-refractivity contribution in [2.24, 2.45) is 5.73 Å². The van der Waals surface area contributed by atoms with Gasteiger partial charge in [-0.15, -0.1) is 0 Å². The van der Waals surface area contributed by atoms with Crippen molar-refractivity contribution >= 4 is 15.9 Å². The number of aromatic nitrogens is 2. The van der Waals surface area contributed by atoms with Crippen LogP contribution in [0.1, 0.15) is 18.7 Å². The van der Waals surface area contributed by atoms with Gasteiger partial charge < -0.3 is 5.73 Å². The van der Waals surface area contributed by atoms with Crippen LogP contribution in [-0.2, 0) is 0 Å². The van der Waals surface area contributed by atoms with E-state index in [9.17, 15) is 0 Å². The van der Waals surface area contributed by atoms with Gasteiger partial charge in [-0.3, -0.25) is 5.10 Å². The summed E-state index contributed by atoms with van der Waals surface area (Å²) in [6.45, 7) is 1.94. The number of nitrogens with zero attached hydrogens (tertiary/aromatic N) is 1. The molecule has 0 bridgehead atoms. The highest BCUT2D eigenvalue weighted by Crippen LogP contribution is 2.26. The first-order chi connectivity index (χ1) is 7.18. The van der Waals surface area contributed by atoms with Crippen LogP contribution in [0.4, 0.5) is 0 Å². The second-order valence-electron chi connectivity index (χ2n) is 3.49. The molecular weight excluding hydrogens is 254 g/mol. The lowest BCUT2D eigenvalue weighted by Crippen LogP contribution is -2.06. The number of rotatable bonds is 2. The minimum Gasteiger partial charge on any atom is -0.323 e. The highest BCUT2D eigenvalue weighted by Gasteiger charge is 2.10. The van der Waals surface area contributed by atoms with Crippen molar-refractivity contribution in [1.29, 1.82) is 0 Å². The highest BCUT2D eigenvalue weighted by atomic mass is 79.9. The number of hydrogen-bond donors (Lipinski definition) is 2. The standard InChI is InChI=1S/C11H12BrN3/c1-7(13)11-10(6-14-15-11)8-2-4-9(12)5-3-8/h2-7H,13H2,1H3,(H,14,15). The minimum atomic E-state index is -0.0360. The van der Waals surface area contributed by atoms with Crippen LogP contribution in [0.2, 0.25) is 0 Å². The Hall–Kier alpha value is -1.13. The molecule has 0 amide bonds. The van der Waals surface area contributed by atoms with E-state index in [0.717, 1.165) is 21.3 Å². The first-order valence-electron chi connectivity index (χ1n) is 4.73. The molecule has 3 N–H and O–H groups in total. The zero-order chi connectivity index (χ0) is 10.8. The second-order valence-corrected chi connectivity index (χ2v) is 4.41. The summed E-state index contributed by atoms with van der Waals surface area (Å²) in [5.41, 5.74) is 9.01. The molecule has 1 unspecified atom stereocenters. The average Bonchev–Trinajstić information content (AvgIpc) is 2.67. The van der Waals surface area contributed by atoms with E-state index in [1.807, 2.05) is 37.4 Å². The Balaban J connectivity index is 2.45. The Morgan fingerprint density at radius 3 is 2.60 bits per heavy atom. The molecule has 1 heterocycles. The second kappa shape index (κ2) is 4.16. The van der Waals surface area contributed by atoms with Crippen LogP contribution >= 0.6 is 15.9 Å². The maximum Gasteiger partial charge on any atom is 0.0594 e. The molecule has 4 heteroatoms. The minimum absolute atomic E-state index is 0.0360. The van der Waals surface area contributed by atoms with Crippen molar-refractivity contribution in [2.45, 2.75) is 13.0 Å². The van der Waals surface area contributed by atoms with Crippen molar-refractivity contribution in [3.63, 3.8) is 0 Å². The van der Waals surface area contributed by atoms with Gasteiger partial charge in [0.15, 0.2) is 0 Å². The molecule has 1 aromatic heterocycles. The summed E-state index contributed by atoms with van der Waals surface area (Å²) in [6.07, 6.45) is 1.81. The lowest BCUT2D eigenvalue weighted by Gasteiger charge is -2.06. The summed E-state index contributed by atoms with van der Waals surface area (Å²) in [4.78, 5) is 0. The van der Waals surface area contributed by atoms with Gasteiger partial charge in [0.2, 0.25) is 0 Å². The first kappa shape index (κ1) is 10.4. The fraction of sp³-hybridized carbons (Fsp3) is 0.182. The van der Waals surface area contributed by atoms with Crippen LogP contribution in [0.3, 0.4) is 0 Å². The number of benzene rings is 1. The summed E-state index contributed by atoms with van der Waals surface area (Å²) in [5.74, 6) is 0. The fourth-order valence-corrected chi connectivity index (χ4v) is 1.77. The predicted molar refractivity (Wildman–Crippen MR) is 64.3 cm³/mol. The summed E-state index contributed by atoms with van der Waals surface area (Å²) in [7, 11) is 0. The van der Waals surface area contributed by atoms with Crippen molar-refractivity contribution in [2.75, 3.05) is 0 Å². The van der Waals surface area contributed by atoms with Crippen LogP contribution in [0, 0.1) is 0 Å². The van der Waals surface area contributed by atoms with Gasteiger partial charge in [0.1, 0.15) is 0 Å². The Kier molecular flexibility index (Phi) is 2.88. The lowest BCUT2D eigenvalue weighted by molar-refractivity contribution is 0.774. The average molecular weight is 266 g/mol. The SMILES string of the molecule is CC(N)c1[nH]ncc1-c1ccc(Br)cc1. The van der Waals surface area contributed by atoms with Crippen molar-refractivity contribution in [3.05, 3.63) is 40.6 Å². The van der Waals surface area contributed by atoms with Gasteiger partial charge in [-0.2, -0.15) is 5.10 Å². The van der Waals surface area contributed by atoms with Gasteiger partial charge in [0.05, 0.1) is 11.9 Å². The molecule has 15 heavy (non-hydrogen) atoms. The summed E-state index contributed by atoms with van der Waals surface area (Å²) in [6, 6.07) is 8.06. The predicted octanol–water partition coefficient (Wildman–Crippen LogP) is 2.86. The molecule has 0 aliphatic carbocycles. The lowest BCUT2D eigenvalue weighted by atomic mass is 10.0. The monoisotopic (exact) mass is 265 g/mol. The Morgan fingerprint density at radius 2 is 2.00 bits per heavy atom. The molecule has 0 radical (unpaired) electrons. The number of halogens is 1. The molecule has 2 aromatic rings. The van der Waals surface area contributed by atoms with E-state index in [0.29, 0.717) is 0 Å². The van der Waals surface area contributed by atoms with Crippen LogP contribution < -0.4 is 5.73 Å². The number of hydrogen-bond acceptors (Lipinski definition) is 2. The highest BCUT2D eigenvalue weighted by molar-refractivity contribution is 9.10. The number of H-pyrrole nitrogens is 1. The third kappa shape index (κ3) is 2.11. The van der Waals surface area contributed by atoms with Gasteiger partial charge >= 0.3 is 0 Å². The Morgan fingerprint density at radius 1 is 1.33 bits per heavy atom. The third-order valence-corrected chi connectivity index (χ3v) is 2.81. The maximum atomic E-state index is 5.85. The zero-order valence-corrected chi connectivity index (χ0v) is 9.95. The normalized spacial score (nSPS) is 12.7. The van der Waals surface area contributed by atoms with Crippen LogP contribution in [-0.4, -0.2) is 10.2 Å². The first-order valence-corrected chi connectivity index (χ1v) is 5.52. The van der Waals surface area contributed by atoms with Gasteiger partial charge in [-0.25, -0.2) is 0 Å². The van der Waals surface area contributed by atoms with Crippen molar-refractivity contribution < 1.29 is 0 Å². The van der Waals surface area contributed by atoms with Crippen LogP contribution in [0.15, 0.2) is 34.9 Å². The topological polar surface area (TPSA) is 54.7 Å². The van der Waals surface area contributed by atoms with Gasteiger partial charge in [-0.1, -0.05) is 28.1 Å². The number of nitrogens with one attached hydrogen (secondary N) is 1. The zero-order valence-electron chi connectivity index (χ0n) is 8.37. The molecule has 0 aliphatic heterocycles. The Bertz CT molecular complexity index is 445. The molecule has 0 spiro atoms. The molecule has 2 rings (SSSR count). The van der Waals surface area contributed by atoms with Gasteiger partial charge in [0, 0.05) is 16.1 Å². The molecule has 0 saturated heterocycles. The fourth-order valence-electron chi connectivity index (χ4n) is 1.50. The molecule has 1 atom stereocenters. The molecule has 78 valence electrons. The molecule has 0 saturated carbocycles. The van der Waals surface area contributed by atoms with E-state index in [1.165, 1.54) is 0 Å². The van der Waals surface area contributed by atoms with E-state index in [1.54, 1.807) is 0 Å². The van der Waals surface area contributed by atoms with E-state index in [4.69, 9.17) is 5.73 Å². The molecule has 0 fully saturated rings. The van der Waals surface area contributed by atoms with Crippen LogP contribution in [0.5, 0.6) is 0 Å². The largest absolute Gasteiger partial charge is 0.323 e. The summed E-state index contributed by atoms with van der Waals surface area (Å²) in [5, 5.41) is 6.96. The number of aromatic amines is 1. The molecule has 3 nitrogen and oxygen atoms in total.